The summed E-state index contributed by atoms with van der Waals surface area (Å²) in [6, 6.07) is 5.84. The molecule has 1 heterocycles. The normalized spacial score (nSPS) is 17.5. The Morgan fingerprint density at radius 1 is 1.21 bits per heavy atom. The third-order valence-electron chi connectivity index (χ3n) is 4.42. The van der Waals surface area contributed by atoms with Crippen LogP contribution in [0.3, 0.4) is 0 Å². The molecule has 134 valence electrons. The van der Waals surface area contributed by atoms with Crippen LogP contribution in [0.4, 0.5) is 0 Å². The third-order valence-corrected chi connectivity index (χ3v) is 4.42. The summed E-state index contributed by atoms with van der Waals surface area (Å²) < 4.78 is 11.2. The Morgan fingerprint density at radius 3 is 2.54 bits per heavy atom. The maximum atomic E-state index is 10.3. The summed E-state index contributed by atoms with van der Waals surface area (Å²) >= 11 is 0. The molecule has 1 saturated heterocycles. The first-order chi connectivity index (χ1) is 11.7. The molecule has 24 heavy (non-hydrogen) atoms. The summed E-state index contributed by atoms with van der Waals surface area (Å²) in [5.74, 6) is 1.36. The lowest BCUT2D eigenvalue weighted by Crippen LogP contribution is -2.49. The molecule has 0 amide bonds. The number of likely N-dealkylation sites (N-methyl/N-ethyl adjacent to an activating group) is 1. The number of aliphatic hydroxyl groups excluding tert-OH is 1. The van der Waals surface area contributed by atoms with Crippen molar-refractivity contribution < 1.29 is 14.6 Å². The molecule has 5 heteroatoms. The SMILES string of the molecule is C=CCc1ccc(OC[C@H](O)CN2CCN(CC)CC2)c(OC)c1. The van der Waals surface area contributed by atoms with Crippen molar-refractivity contribution in [2.45, 2.75) is 19.4 Å². The average molecular weight is 334 g/mol. The van der Waals surface area contributed by atoms with Gasteiger partial charge in [-0.3, -0.25) is 4.90 Å². The van der Waals surface area contributed by atoms with Gasteiger partial charge < -0.3 is 19.5 Å². The third kappa shape index (κ3) is 5.51. The molecular formula is C19H30N2O3. The summed E-state index contributed by atoms with van der Waals surface area (Å²) in [6.07, 6.45) is 2.15. The molecule has 1 aromatic rings. The molecule has 1 aliphatic heterocycles. The minimum atomic E-state index is -0.504. The number of hydrogen-bond acceptors (Lipinski definition) is 5. The predicted octanol–water partition coefficient (Wildman–Crippen LogP) is 1.80. The Labute approximate surface area is 145 Å². The van der Waals surface area contributed by atoms with Gasteiger partial charge in [0.2, 0.25) is 0 Å². The van der Waals surface area contributed by atoms with Crippen molar-refractivity contribution in [2.75, 3.05) is 53.0 Å². The highest BCUT2D eigenvalue weighted by Gasteiger charge is 2.18. The fraction of sp³-hybridized carbons (Fsp3) is 0.579. The van der Waals surface area contributed by atoms with Gasteiger partial charge in [0.1, 0.15) is 12.7 Å². The number of aliphatic hydroxyl groups is 1. The minimum absolute atomic E-state index is 0.269. The number of β-amino-alcohol motifs (C(OH)–C–C–N with tert-alkyl or cyclic N) is 1. The van der Waals surface area contributed by atoms with Gasteiger partial charge >= 0.3 is 0 Å². The van der Waals surface area contributed by atoms with Gasteiger partial charge in [-0.05, 0) is 30.7 Å². The summed E-state index contributed by atoms with van der Waals surface area (Å²) in [7, 11) is 1.63. The largest absolute Gasteiger partial charge is 0.493 e. The van der Waals surface area contributed by atoms with E-state index >= 15 is 0 Å². The van der Waals surface area contributed by atoms with Crippen molar-refractivity contribution in [3.63, 3.8) is 0 Å². The van der Waals surface area contributed by atoms with Crippen LogP contribution in [0, 0.1) is 0 Å². The minimum Gasteiger partial charge on any atom is -0.493 e. The highest BCUT2D eigenvalue weighted by molar-refractivity contribution is 5.43. The van der Waals surface area contributed by atoms with Crippen LogP contribution in [-0.2, 0) is 6.42 Å². The zero-order valence-corrected chi connectivity index (χ0v) is 14.9. The van der Waals surface area contributed by atoms with Crippen molar-refractivity contribution in [2.24, 2.45) is 0 Å². The molecule has 0 aromatic heterocycles. The van der Waals surface area contributed by atoms with Gasteiger partial charge in [-0.25, -0.2) is 0 Å². The van der Waals surface area contributed by atoms with Crippen LogP contribution in [0.1, 0.15) is 12.5 Å². The number of hydrogen-bond donors (Lipinski definition) is 1. The molecule has 2 rings (SSSR count). The maximum Gasteiger partial charge on any atom is 0.161 e. The standard InChI is InChI=1S/C19H30N2O3/c1-4-6-16-7-8-18(19(13-16)23-3)24-15-17(22)14-21-11-9-20(5-2)10-12-21/h4,7-8,13,17,22H,1,5-6,9-12,14-15H2,2-3H3/t17-/m1/s1. The lowest BCUT2D eigenvalue weighted by Gasteiger charge is -2.34. The summed E-state index contributed by atoms with van der Waals surface area (Å²) in [5, 5.41) is 10.3. The molecular weight excluding hydrogens is 304 g/mol. The van der Waals surface area contributed by atoms with E-state index in [9.17, 15) is 5.11 Å². The topological polar surface area (TPSA) is 45.2 Å². The van der Waals surface area contributed by atoms with E-state index < -0.39 is 6.10 Å². The number of piperazine rings is 1. The van der Waals surface area contributed by atoms with Crippen molar-refractivity contribution in [3.8, 4) is 11.5 Å². The van der Waals surface area contributed by atoms with Gasteiger partial charge in [0.15, 0.2) is 11.5 Å². The van der Waals surface area contributed by atoms with E-state index in [4.69, 9.17) is 9.47 Å². The zero-order chi connectivity index (χ0) is 17.4. The second kappa shape index (κ2) is 9.67. The van der Waals surface area contributed by atoms with Gasteiger partial charge in [-0.1, -0.05) is 19.1 Å². The summed E-state index contributed by atoms with van der Waals surface area (Å²) in [4.78, 5) is 4.72. The summed E-state index contributed by atoms with van der Waals surface area (Å²) in [6.45, 7) is 12.1. The van der Waals surface area contributed by atoms with Crippen molar-refractivity contribution in [1.82, 2.24) is 9.80 Å². The Hall–Kier alpha value is -1.56. The first kappa shape index (κ1) is 18.8. The van der Waals surface area contributed by atoms with E-state index in [1.807, 2.05) is 24.3 Å². The Bertz CT molecular complexity index is 513. The van der Waals surface area contributed by atoms with E-state index in [1.165, 1.54) is 0 Å². The summed E-state index contributed by atoms with van der Waals surface area (Å²) in [5.41, 5.74) is 1.13. The number of benzene rings is 1. The van der Waals surface area contributed by atoms with E-state index in [2.05, 4.69) is 23.3 Å². The quantitative estimate of drug-likeness (QED) is 0.698. The molecule has 1 aliphatic rings. The maximum absolute atomic E-state index is 10.3. The molecule has 0 unspecified atom stereocenters. The fourth-order valence-corrected chi connectivity index (χ4v) is 2.95. The molecule has 1 fully saturated rings. The Kier molecular flexibility index (Phi) is 7.56. The van der Waals surface area contributed by atoms with E-state index in [0.717, 1.165) is 44.7 Å². The lowest BCUT2D eigenvalue weighted by molar-refractivity contribution is 0.0464. The first-order valence-electron chi connectivity index (χ1n) is 8.69. The predicted molar refractivity (Wildman–Crippen MR) is 97.0 cm³/mol. The van der Waals surface area contributed by atoms with E-state index in [1.54, 1.807) is 7.11 Å². The molecule has 1 aromatic carbocycles. The second-order valence-corrected chi connectivity index (χ2v) is 6.18. The molecule has 1 N–H and O–H groups in total. The van der Waals surface area contributed by atoms with Crippen molar-refractivity contribution >= 4 is 0 Å². The van der Waals surface area contributed by atoms with Gasteiger partial charge in [0.25, 0.3) is 0 Å². The highest BCUT2D eigenvalue weighted by Crippen LogP contribution is 2.28. The smallest absolute Gasteiger partial charge is 0.161 e. The van der Waals surface area contributed by atoms with Gasteiger partial charge in [-0.15, -0.1) is 6.58 Å². The lowest BCUT2D eigenvalue weighted by atomic mass is 10.1. The van der Waals surface area contributed by atoms with E-state index in [0.29, 0.717) is 18.0 Å². The monoisotopic (exact) mass is 334 g/mol. The van der Waals surface area contributed by atoms with Crippen LogP contribution in [0.2, 0.25) is 0 Å². The van der Waals surface area contributed by atoms with Crippen molar-refractivity contribution in [3.05, 3.63) is 36.4 Å². The van der Waals surface area contributed by atoms with Crippen LogP contribution in [-0.4, -0.2) is 74.0 Å². The number of methoxy groups -OCH3 is 1. The molecule has 0 spiro atoms. The Morgan fingerprint density at radius 2 is 1.92 bits per heavy atom. The van der Waals surface area contributed by atoms with Crippen LogP contribution in [0.5, 0.6) is 11.5 Å². The van der Waals surface area contributed by atoms with Crippen LogP contribution < -0.4 is 9.47 Å². The molecule has 5 nitrogen and oxygen atoms in total. The van der Waals surface area contributed by atoms with Gasteiger partial charge in [0, 0.05) is 32.7 Å². The molecule has 1 atom stereocenters. The van der Waals surface area contributed by atoms with Crippen LogP contribution in [0.25, 0.3) is 0 Å². The number of ether oxygens (including phenoxy) is 2. The first-order valence-corrected chi connectivity index (χ1v) is 8.69. The number of allylic oxidation sites excluding steroid dienone is 1. The van der Waals surface area contributed by atoms with Crippen molar-refractivity contribution in [1.29, 1.82) is 0 Å². The fourth-order valence-electron chi connectivity index (χ4n) is 2.95. The van der Waals surface area contributed by atoms with Gasteiger partial charge in [-0.2, -0.15) is 0 Å². The van der Waals surface area contributed by atoms with Crippen LogP contribution >= 0.6 is 0 Å². The molecule has 0 radical (unpaired) electrons. The molecule has 0 saturated carbocycles. The second-order valence-electron chi connectivity index (χ2n) is 6.18. The number of nitrogens with zero attached hydrogens (tertiary/aromatic N) is 2. The molecule has 0 bridgehead atoms. The van der Waals surface area contributed by atoms with Crippen LogP contribution in [0.15, 0.2) is 30.9 Å². The average Bonchev–Trinajstić information content (AvgIpc) is 2.61. The zero-order valence-electron chi connectivity index (χ0n) is 14.9. The van der Waals surface area contributed by atoms with E-state index in [-0.39, 0.29) is 6.61 Å². The number of rotatable bonds is 9. The highest BCUT2D eigenvalue weighted by atomic mass is 16.5. The molecule has 0 aliphatic carbocycles. The van der Waals surface area contributed by atoms with Gasteiger partial charge in [0.05, 0.1) is 7.11 Å². The Balaban J connectivity index is 1.81.